The van der Waals surface area contributed by atoms with Gasteiger partial charge in [-0.3, -0.25) is 9.88 Å². The van der Waals surface area contributed by atoms with Gasteiger partial charge in [0.25, 0.3) is 0 Å². The molecule has 3 heterocycles. The van der Waals surface area contributed by atoms with Crippen LogP contribution in [0.1, 0.15) is 44.9 Å². The summed E-state index contributed by atoms with van der Waals surface area (Å²) in [6, 6.07) is 22.8. The van der Waals surface area contributed by atoms with Crippen molar-refractivity contribution in [2.45, 2.75) is 45.6 Å². The lowest BCUT2D eigenvalue weighted by molar-refractivity contribution is 0.0337. The summed E-state index contributed by atoms with van der Waals surface area (Å²) in [4.78, 5) is 23.1. The first-order valence-electron chi connectivity index (χ1n) is 15.1. The van der Waals surface area contributed by atoms with Gasteiger partial charge in [0.05, 0.1) is 36.0 Å². The second-order valence-electron chi connectivity index (χ2n) is 12.3. The number of hydrogen-bond donors (Lipinski definition) is 2. The zero-order valence-electron chi connectivity index (χ0n) is 25.0. The lowest BCUT2D eigenvalue weighted by Crippen LogP contribution is -2.36. The summed E-state index contributed by atoms with van der Waals surface area (Å²) < 4.78 is 5.54. The molecule has 42 heavy (non-hydrogen) atoms. The van der Waals surface area contributed by atoms with E-state index >= 15 is 0 Å². The Balaban J connectivity index is 1.29. The summed E-state index contributed by atoms with van der Waals surface area (Å²) in [7, 11) is 0. The maximum absolute atomic E-state index is 13.5. The molecule has 2 amide bonds. The smallest absolute Gasteiger partial charge is 0.323 e. The van der Waals surface area contributed by atoms with Crippen LogP contribution >= 0.6 is 0 Å². The molecular formula is C35H41N5O2. The van der Waals surface area contributed by atoms with E-state index in [9.17, 15) is 4.79 Å². The highest BCUT2D eigenvalue weighted by atomic mass is 16.5. The standard InChI is InChI=1S/C35H41N5O2/c1-35(2,3)25-14-15-33(40-17-4-5-18-40)31(23-25)38-34(41)37-30-13-7-10-26-27(9-6-11-28(26)30)29-12-8-16-36-32(29)24-39-19-21-42-22-20-39/h6-16,23H,4-5,17-22,24H2,1-3H3,(H2,37,38,41). The third-order valence-corrected chi connectivity index (χ3v) is 8.39. The van der Waals surface area contributed by atoms with Crippen molar-refractivity contribution in [3.05, 3.63) is 84.2 Å². The molecule has 0 aliphatic carbocycles. The number of hydrogen-bond acceptors (Lipinski definition) is 5. The Kier molecular flexibility index (Phi) is 8.13. The minimum absolute atomic E-state index is 0.0184. The van der Waals surface area contributed by atoms with Crippen LogP contribution in [0.3, 0.4) is 0 Å². The van der Waals surface area contributed by atoms with Crippen LogP contribution in [0.15, 0.2) is 72.9 Å². The summed E-state index contributed by atoms with van der Waals surface area (Å²) in [6.45, 7) is 12.7. The van der Waals surface area contributed by atoms with Gasteiger partial charge in [-0.25, -0.2) is 4.79 Å². The number of nitrogens with zero attached hydrogens (tertiary/aromatic N) is 3. The predicted octanol–water partition coefficient (Wildman–Crippen LogP) is 7.28. The predicted molar refractivity (Wildman–Crippen MR) is 173 cm³/mol. The number of ether oxygens (including phenoxy) is 1. The van der Waals surface area contributed by atoms with Crippen molar-refractivity contribution in [3.63, 3.8) is 0 Å². The number of amides is 2. The van der Waals surface area contributed by atoms with Crippen LogP contribution < -0.4 is 15.5 Å². The summed E-state index contributed by atoms with van der Waals surface area (Å²) in [6.07, 6.45) is 4.22. The third kappa shape index (κ3) is 6.13. The molecule has 0 saturated carbocycles. The van der Waals surface area contributed by atoms with Crippen LogP contribution in [-0.4, -0.2) is 55.3 Å². The Labute approximate surface area is 248 Å². The number of fused-ring (bicyclic) bond motifs is 1. The van der Waals surface area contributed by atoms with E-state index in [1.165, 1.54) is 18.4 Å². The summed E-state index contributed by atoms with van der Waals surface area (Å²) in [5, 5.41) is 8.44. The molecule has 2 fully saturated rings. The number of urea groups is 1. The van der Waals surface area contributed by atoms with E-state index in [-0.39, 0.29) is 11.4 Å². The summed E-state index contributed by atoms with van der Waals surface area (Å²) in [5.74, 6) is 0. The first-order chi connectivity index (χ1) is 20.4. The Hall–Kier alpha value is -3.94. The number of aromatic nitrogens is 1. The zero-order valence-corrected chi connectivity index (χ0v) is 25.0. The number of anilines is 3. The molecule has 2 N–H and O–H groups in total. The van der Waals surface area contributed by atoms with E-state index in [4.69, 9.17) is 9.72 Å². The second-order valence-corrected chi connectivity index (χ2v) is 12.3. The van der Waals surface area contributed by atoms with Crippen LogP contribution in [0.2, 0.25) is 0 Å². The summed E-state index contributed by atoms with van der Waals surface area (Å²) in [5.41, 5.74) is 7.17. The number of pyridine rings is 1. The molecule has 218 valence electrons. The van der Waals surface area contributed by atoms with E-state index in [1.54, 1.807) is 0 Å². The van der Waals surface area contributed by atoms with Crippen molar-refractivity contribution in [1.82, 2.24) is 9.88 Å². The van der Waals surface area contributed by atoms with Crippen molar-refractivity contribution >= 4 is 33.9 Å². The molecule has 0 spiro atoms. The van der Waals surface area contributed by atoms with Crippen molar-refractivity contribution in [2.75, 3.05) is 54.9 Å². The number of rotatable bonds is 6. The lowest BCUT2D eigenvalue weighted by Gasteiger charge is -2.27. The third-order valence-electron chi connectivity index (χ3n) is 8.39. The molecule has 0 bridgehead atoms. The quantitative estimate of drug-likeness (QED) is 0.258. The van der Waals surface area contributed by atoms with Crippen LogP contribution in [0, 0.1) is 0 Å². The highest BCUT2D eigenvalue weighted by molar-refractivity contribution is 6.10. The monoisotopic (exact) mass is 563 g/mol. The minimum atomic E-state index is -0.242. The van der Waals surface area contributed by atoms with Crippen molar-refractivity contribution in [3.8, 4) is 11.1 Å². The molecule has 2 aliphatic heterocycles. The molecule has 6 rings (SSSR count). The maximum Gasteiger partial charge on any atom is 0.323 e. The highest BCUT2D eigenvalue weighted by Crippen LogP contribution is 2.36. The molecule has 3 aromatic carbocycles. The molecule has 1 aromatic heterocycles. The maximum atomic E-state index is 13.5. The van der Waals surface area contributed by atoms with Crippen molar-refractivity contribution in [2.24, 2.45) is 0 Å². The van der Waals surface area contributed by atoms with Crippen LogP contribution in [0.25, 0.3) is 21.9 Å². The molecule has 0 radical (unpaired) electrons. The molecule has 2 aliphatic rings. The Morgan fingerprint density at radius 1 is 0.833 bits per heavy atom. The fourth-order valence-electron chi connectivity index (χ4n) is 6.05. The van der Waals surface area contributed by atoms with Gasteiger partial charge < -0.3 is 20.3 Å². The van der Waals surface area contributed by atoms with Crippen LogP contribution in [-0.2, 0) is 16.7 Å². The van der Waals surface area contributed by atoms with Gasteiger partial charge >= 0.3 is 6.03 Å². The number of nitrogens with one attached hydrogen (secondary N) is 2. The number of carbonyl (C=O) groups excluding carboxylic acids is 1. The fourth-order valence-corrected chi connectivity index (χ4v) is 6.05. The average Bonchev–Trinajstić information content (AvgIpc) is 3.52. The molecule has 7 heteroatoms. The first kappa shape index (κ1) is 28.2. The van der Waals surface area contributed by atoms with Gasteiger partial charge in [-0.1, -0.05) is 63.2 Å². The fraction of sp³-hybridized carbons (Fsp3) is 0.371. The van der Waals surface area contributed by atoms with E-state index in [0.717, 1.165) is 90.6 Å². The Morgan fingerprint density at radius 2 is 1.55 bits per heavy atom. The van der Waals surface area contributed by atoms with Gasteiger partial charge in [-0.05, 0) is 59.0 Å². The van der Waals surface area contributed by atoms with Crippen LogP contribution in [0.4, 0.5) is 21.9 Å². The minimum Gasteiger partial charge on any atom is -0.379 e. The molecule has 2 saturated heterocycles. The van der Waals surface area contributed by atoms with Gasteiger partial charge in [0.15, 0.2) is 0 Å². The molecule has 0 unspecified atom stereocenters. The van der Waals surface area contributed by atoms with Gasteiger partial charge in [0, 0.05) is 49.9 Å². The summed E-state index contributed by atoms with van der Waals surface area (Å²) >= 11 is 0. The second kappa shape index (κ2) is 12.1. The first-order valence-corrected chi connectivity index (χ1v) is 15.1. The van der Waals surface area contributed by atoms with E-state index in [1.807, 2.05) is 24.4 Å². The van der Waals surface area contributed by atoms with Gasteiger partial charge in [0.1, 0.15) is 0 Å². The highest BCUT2D eigenvalue weighted by Gasteiger charge is 2.22. The Bertz CT molecular complexity index is 1570. The Morgan fingerprint density at radius 3 is 2.33 bits per heavy atom. The molecule has 0 atom stereocenters. The number of morpholine rings is 1. The zero-order chi connectivity index (χ0) is 29.1. The largest absolute Gasteiger partial charge is 0.379 e. The van der Waals surface area contributed by atoms with E-state index < -0.39 is 0 Å². The average molecular weight is 564 g/mol. The normalized spacial score (nSPS) is 16.1. The lowest BCUT2D eigenvalue weighted by atomic mass is 9.86. The van der Waals surface area contributed by atoms with Gasteiger partial charge in [-0.2, -0.15) is 0 Å². The van der Waals surface area contributed by atoms with Crippen molar-refractivity contribution in [1.29, 1.82) is 0 Å². The van der Waals surface area contributed by atoms with Gasteiger partial charge in [0.2, 0.25) is 0 Å². The molecule has 4 aromatic rings. The van der Waals surface area contributed by atoms with Crippen molar-refractivity contribution < 1.29 is 9.53 Å². The number of carbonyl (C=O) groups is 1. The molecular weight excluding hydrogens is 522 g/mol. The SMILES string of the molecule is CC(C)(C)c1ccc(N2CCCC2)c(NC(=O)Nc2cccc3c(-c4cccnc4CN4CCOCC4)cccc23)c1. The number of benzene rings is 3. The topological polar surface area (TPSA) is 69.7 Å². The van der Waals surface area contributed by atoms with E-state index in [2.05, 4.69) is 89.7 Å². The molecule has 7 nitrogen and oxygen atoms in total. The van der Waals surface area contributed by atoms with E-state index in [0.29, 0.717) is 0 Å². The van der Waals surface area contributed by atoms with Crippen LogP contribution in [0.5, 0.6) is 0 Å². The van der Waals surface area contributed by atoms with Gasteiger partial charge in [-0.15, -0.1) is 0 Å².